The van der Waals surface area contributed by atoms with Crippen molar-refractivity contribution >= 4 is 28.3 Å². The van der Waals surface area contributed by atoms with Gasteiger partial charge in [-0.2, -0.15) is 0 Å². The predicted molar refractivity (Wildman–Crippen MR) is 93.7 cm³/mol. The van der Waals surface area contributed by atoms with Crippen LogP contribution in [0.1, 0.15) is 51.5 Å². The van der Waals surface area contributed by atoms with Gasteiger partial charge in [0.05, 0.1) is 5.92 Å². The van der Waals surface area contributed by atoms with Gasteiger partial charge in [-0.1, -0.05) is 44.9 Å². The van der Waals surface area contributed by atoms with E-state index >= 15 is 0 Å². The highest BCUT2D eigenvalue weighted by molar-refractivity contribution is 7.15. The third-order valence-corrected chi connectivity index (χ3v) is 6.58. The van der Waals surface area contributed by atoms with Crippen LogP contribution in [0.5, 0.6) is 0 Å². The standard InChI is InChI=1S/C17H26N4O2S/c1-4-14-19-20-17(24-14)18-16(23)12-8-15(22)21(9-12)13-7-5-6-10(2)11(13)3/h10-13H,4-9H2,1-3H3,(H,18,20,23)/t10-,11-,12+,13-/m0/s1. The van der Waals surface area contributed by atoms with E-state index in [0.29, 0.717) is 29.9 Å². The second-order valence-corrected chi connectivity index (χ2v) is 8.19. The van der Waals surface area contributed by atoms with Crippen molar-refractivity contribution in [1.29, 1.82) is 0 Å². The molecule has 0 unspecified atom stereocenters. The second-order valence-electron chi connectivity index (χ2n) is 7.13. The summed E-state index contributed by atoms with van der Waals surface area (Å²) >= 11 is 1.40. The lowest BCUT2D eigenvalue weighted by atomic mass is 9.77. The molecule has 24 heavy (non-hydrogen) atoms. The van der Waals surface area contributed by atoms with Gasteiger partial charge >= 0.3 is 0 Å². The van der Waals surface area contributed by atoms with Crippen LogP contribution in [0.4, 0.5) is 5.13 Å². The first-order valence-corrected chi connectivity index (χ1v) is 9.74. The number of likely N-dealkylation sites (tertiary alicyclic amines) is 1. The summed E-state index contributed by atoms with van der Waals surface area (Å²) in [6, 6.07) is 0.285. The van der Waals surface area contributed by atoms with E-state index in [0.717, 1.165) is 17.8 Å². The SMILES string of the molecule is CCc1nnc(NC(=O)[C@@H]2CC(=O)N([C@H]3CCC[C@H](C)[C@@H]3C)C2)s1. The molecule has 0 aromatic carbocycles. The van der Waals surface area contributed by atoms with Gasteiger partial charge in [0.15, 0.2) is 0 Å². The van der Waals surface area contributed by atoms with Crippen LogP contribution in [-0.2, 0) is 16.0 Å². The number of hydrogen-bond acceptors (Lipinski definition) is 5. The molecule has 132 valence electrons. The molecular formula is C17H26N4O2S. The van der Waals surface area contributed by atoms with Crippen LogP contribution in [0.3, 0.4) is 0 Å². The van der Waals surface area contributed by atoms with E-state index in [4.69, 9.17) is 0 Å². The molecule has 1 aromatic rings. The first kappa shape index (κ1) is 17.3. The molecule has 0 radical (unpaired) electrons. The van der Waals surface area contributed by atoms with Gasteiger partial charge in [-0.05, 0) is 24.7 Å². The number of rotatable bonds is 4. The largest absolute Gasteiger partial charge is 0.339 e. The Morgan fingerprint density at radius 2 is 2.12 bits per heavy atom. The molecule has 2 amide bonds. The van der Waals surface area contributed by atoms with Crippen molar-refractivity contribution in [2.24, 2.45) is 17.8 Å². The molecule has 1 saturated carbocycles. The summed E-state index contributed by atoms with van der Waals surface area (Å²) in [4.78, 5) is 26.9. The lowest BCUT2D eigenvalue weighted by molar-refractivity contribution is -0.131. The molecular weight excluding hydrogens is 324 g/mol. The first-order valence-electron chi connectivity index (χ1n) is 8.92. The smallest absolute Gasteiger partial charge is 0.231 e. The number of aryl methyl sites for hydroxylation is 1. The predicted octanol–water partition coefficient (Wildman–Crippen LogP) is 2.71. The normalized spacial score (nSPS) is 30.6. The quantitative estimate of drug-likeness (QED) is 0.906. The van der Waals surface area contributed by atoms with E-state index in [9.17, 15) is 9.59 Å². The van der Waals surface area contributed by atoms with E-state index in [1.165, 1.54) is 24.2 Å². The summed E-state index contributed by atoms with van der Waals surface area (Å²) in [5.74, 6) is 0.864. The Labute approximate surface area is 147 Å². The van der Waals surface area contributed by atoms with Crippen molar-refractivity contribution < 1.29 is 9.59 Å². The fraction of sp³-hybridized carbons (Fsp3) is 0.765. The van der Waals surface area contributed by atoms with Gasteiger partial charge in [-0.15, -0.1) is 10.2 Å². The van der Waals surface area contributed by atoms with Gasteiger partial charge in [-0.3, -0.25) is 9.59 Å². The molecule has 1 aliphatic heterocycles. The minimum atomic E-state index is -0.282. The van der Waals surface area contributed by atoms with Gasteiger partial charge in [0, 0.05) is 19.0 Å². The Balaban J connectivity index is 1.62. The van der Waals surface area contributed by atoms with E-state index < -0.39 is 0 Å². The summed E-state index contributed by atoms with van der Waals surface area (Å²) in [5, 5.41) is 12.3. The number of nitrogens with one attached hydrogen (secondary N) is 1. The fourth-order valence-corrected chi connectivity index (χ4v) is 4.56. The highest BCUT2D eigenvalue weighted by atomic mass is 32.1. The lowest BCUT2D eigenvalue weighted by Crippen LogP contribution is -2.45. The molecule has 1 saturated heterocycles. The van der Waals surface area contributed by atoms with Crippen LogP contribution in [0.2, 0.25) is 0 Å². The van der Waals surface area contributed by atoms with Crippen molar-refractivity contribution in [3.63, 3.8) is 0 Å². The molecule has 0 bridgehead atoms. The zero-order valence-electron chi connectivity index (χ0n) is 14.6. The van der Waals surface area contributed by atoms with E-state index in [-0.39, 0.29) is 23.8 Å². The molecule has 7 heteroatoms. The summed E-state index contributed by atoms with van der Waals surface area (Å²) in [7, 11) is 0. The summed E-state index contributed by atoms with van der Waals surface area (Å²) in [6.45, 7) is 7.04. The highest BCUT2D eigenvalue weighted by Gasteiger charge is 2.41. The van der Waals surface area contributed by atoms with Gasteiger partial charge < -0.3 is 10.2 Å². The van der Waals surface area contributed by atoms with Gasteiger partial charge in [0.25, 0.3) is 0 Å². The molecule has 1 N–H and O–H groups in total. The van der Waals surface area contributed by atoms with E-state index in [1.54, 1.807) is 0 Å². The number of carbonyl (C=O) groups excluding carboxylic acids is 2. The number of amides is 2. The lowest BCUT2D eigenvalue weighted by Gasteiger charge is -2.40. The van der Waals surface area contributed by atoms with Crippen LogP contribution < -0.4 is 5.32 Å². The van der Waals surface area contributed by atoms with Crippen LogP contribution in [-0.4, -0.2) is 39.5 Å². The maximum absolute atomic E-state index is 12.5. The molecule has 2 heterocycles. The Hall–Kier alpha value is -1.50. The van der Waals surface area contributed by atoms with Gasteiger partial charge in [-0.25, -0.2) is 0 Å². The fourth-order valence-electron chi connectivity index (χ4n) is 3.88. The van der Waals surface area contributed by atoms with Crippen molar-refractivity contribution in [2.45, 2.75) is 58.9 Å². The van der Waals surface area contributed by atoms with Crippen LogP contribution in [0, 0.1) is 17.8 Å². The molecule has 6 nitrogen and oxygen atoms in total. The third kappa shape index (κ3) is 3.45. The first-order chi connectivity index (χ1) is 11.5. The summed E-state index contributed by atoms with van der Waals surface area (Å²) < 4.78 is 0. The number of aromatic nitrogens is 2. The monoisotopic (exact) mass is 350 g/mol. The van der Waals surface area contributed by atoms with E-state index in [1.807, 2.05) is 11.8 Å². The number of hydrogen-bond donors (Lipinski definition) is 1. The van der Waals surface area contributed by atoms with Crippen LogP contribution >= 0.6 is 11.3 Å². The van der Waals surface area contributed by atoms with Gasteiger partial charge in [0.2, 0.25) is 16.9 Å². The second kappa shape index (κ2) is 7.17. The Morgan fingerprint density at radius 1 is 1.33 bits per heavy atom. The average molecular weight is 350 g/mol. The Morgan fingerprint density at radius 3 is 2.83 bits per heavy atom. The topological polar surface area (TPSA) is 75.2 Å². The maximum atomic E-state index is 12.5. The van der Waals surface area contributed by atoms with Crippen LogP contribution in [0.25, 0.3) is 0 Å². The number of anilines is 1. The summed E-state index contributed by atoms with van der Waals surface area (Å²) in [5.41, 5.74) is 0. The highest BCUT2D eigenvalue weighted by Crippen LogP contribution is 2.36. The van der Waals surface area contributed by atoms with Crippen molar-refractivity contribution in [3.8, 4) is 0 Å². The maximum Gasteiger partial charge on any atom is 0.231 e. The Kier molecular flexibility index (Phi) is 5.18. The minimum Gasteiger partial charge on any atom is -0.339 e. The molecule has 3 rings (SSSR count). The molecule has 1 aromatic heterocycles. The zero-order chi connectivity index (χ0) is 17.3. The molecule has 2 fully saturated rings. The molecule has 4 atom stereocenters. The van der Waals surface area contributed by atoms with Crippen molar-refractivity contribution in [1.82, 2.24) is 15.1 Å². The van der Waals surface area contributed by atoms with E-state index in [2.05, 4.69) is 29.4 Å². The van der Waals surface area contributed by atoms with Crippen LogP contribution in [0.15, 0.2) is 0 Å². The van der Waals surface area contributed by atoms with Gasteiger partial charge in [0.1, 0.15) is 5.01 Å². The Bertz CT molecular complexity index is 617. The third-order valence-electron chi connectivity index (χ3n) is 5.59. The molecule has 1 aliphatic carbocycles. The van der Waals surface area contributed by atoms with Crippen molar-refractivity contribution in [3.05, 3.63) is 5.01 Å². The number of nitrogens with zero attached hydrogens (tertiary/aromatic N) is 3. The summed E-state index contributed by atoms with van der Waals surface area (Å²) in [6.07, 6.45) is 4.58. The minimum absolute atomic E-state index is 0.110. The zero-order valence-corrected chi connectivity index (χ0v) is 15.4. The molecule has 2 aliphatic rings. The van der Waals surface area contributed by atoms with Crippen molar-refractivity contribution in [2.75, 3.05) is 11.9 Å². The average Bonchev–Trinajstić information content (AvgIpc) is 3.16. The number of carbonyl (C=O) groups is 2. The molecule has 0 spiro atoms.